The van der Waals surface area contributed by atoms with Gasteiger partial charge in [-0.05, 0) is 17.5 Å². The normalized spacial score (nSPS) is 13.2. The van der Waals surface area contributed by atoms with Crippen molar-refractivity contribution in [2.45, 2.75) is 13.8 Å². The van der Waals surface area contributed by atoms with E-state index in [0.717, 1.165) is 5.56 Å². The van der Waals surface area contributed by atoms with E-state index in [1.54, 1.807) is 18.2 Å². The van der Waals surface area contributed by atoms with Crippen LogP contribution in [0, 0.1) is 11.8 Å². The Balaban J connectivity index is 2.87. The molecule has 0 spiro atoms. The maximum Gasteiger partial charge on any atom is 0.310 e. The smallest absolute Gasteiger partial charge is 0.310 e. The van der Waals surface area contributed by atoms with Gasteiger partial charge in [0.1, 0.15) is 0 Å². The van der Waals surface area contributed by atoms with E-state index >= 15 is 0 Å². The fourth-order valence-corrected chi connectivity index (χ4v) is 1.61. The zero-order valence-corrected chi connectivity index (χ0v) is 10.1. The van der Waals surface area contributed by atoms with Gasteiger partial charge >= 0.3 is 5.97 Å². The molecule has 0 aromatic heterocycles. The molecule has 0 fully saturated rings. The van der Waals surface area contributed by atoms with Gasteiger partial charge in [0.15, 0.2) is 0 Å². The number of carboxylic acid groups (broad SMARTS) is 1. The van der Waals surface area contributed by atoms with Crippen molar-refractivity contribution >= 4 is 23.6 Å². The molecule has 1 aromatic rings. The third kappa shape index (κ3) is 3.38. The summed E-state index contributed by atoms with van der Waals surface area (Å²) in [5, 5.41) is 9.64. The monoisotopic (exact) mass is 238 g/mol. The van der Waals surface area contributed by atoms with Gasteiger partial charge in [-0.3, -0.25) is 4.79 Å². The van der Waals surface area contributed by atoms with Crippen molar-refractivity contribution in [2.24, 2.45) is 11.8 Å². The van der Waals surface area contributed by atoms with Gasteiger partial charge in [0.05, 0.1) is 5.92 Å². The Morgan fingerprint density at radius 1 is 1.38 bits per heavy atom. The summed E-state index contributed by atoms with van der Waals surface area (Å²) in [5.41, 5.74) is 0.844. The van der Waals surface area contributed by atoms with Gasteiger partial charge in [0, 0.05) is 5.02 Å². The van der Waals surface area contributed by atoms with Crippen LogP contribution in [0.1, 0.15) is 19.4 Å². The molecule has 1 rings (SSSR count). The van der Waals surface area contributed by atoms with Gasteiger partial charge in [0.25, 0.3) is 0 Å². The maximum atomic E-state index is 11.0. The van der Waals surface area contributed by atoms with Crippen LogP contribution in [0.25, 0.3) is 6.08 Å². The van der Waals surface area contributed by atoms with Crippen molar-refractivity contribution in [1.29, 1.82) is 0 Å². The lowest BCUT2D eigenvalue weighted by Gasteiger charge is -2.11. The molecule has 0 aliphatic rings. The molecule has 86 valence electrons. The number of carboxylic acids is 1. The van der Waals surface area contributed by atoms with Crippen LogP contribution in [0.4, 0.5) is 0 Å². The molecule has 0 amide bonds. The Bertz CT molecular complexity index is 397. The van der Waals surface area contributed by atoms with Crippen molar-refractivity contribution < 1.29 is 9.90 Å². The zero-order chi connectivity index (χ0) is 12.1. The average Bonchev–Trinajstić information content (AvgIpc) is 2.20. The highest BCUT2D eigenvalue weighted by Gasteiger charge is 2.17. The summed E-state index contributed by atoms with van der Waals surface area (Å²) in [6, 6.07) is 7.36. The lowest BCUT2D eigenvalue weighted by Crippen LogP contribution is -2.16. The zero-order valence-electron chi connectivity index (χ0n) is 9.35. The van der Waals surface area contributed by atoms with E-state index < -0.39 is 11.9 Å². The molecule has 0 radical (unpaired) electrons. The average molecular weight is 239 g/mol. The van der Waals surface area contributed by atoms with Crippen LogP contribution in [0.2, 0.25) is 5.02 Å². The summed E-state index contributed by atoms with van der Waals surface area (Å²) in [7, 11) is 0. The second kappa shape index (κ2) is 5.71. The second-order valence-electron chi connectivity index (χ2n) is 3.99. The van der Waals surface area contributed by atoms with Crippen LogP contribution in [-0.4, -0.2) is 11.1 Å². The third-order valence-electron chi connectivity index (χ3n) is 2.39. The fraction of sp³-hybridized carbons (Fsp3) is 0.308. The van der Waals surface area contributed by atoms with Crippen LogP contribution in [0.15, 0.2) is 30.3 Å². The lowest BCUT2D eigenvalue weighted by molar-refractivity contribution is -0.141. The van der Waals surface area contributed by atoms with E-state index in [0.29, 0.717) is 5.02 Å². The highest BCUT2D eigenvalue weighted by atomic mass is 35.5. The minimum absolute atomic E-state index is 0.0660. The van der Waals surface area contributed by atoms with Gasteiger partial charge in [-0.25, -0.2) is 0 Å². The summed E-state index contributed by atoms with van der Waals surface area (Å²) >= 11 is 5.97. The quantitative estimate of drug-likeness (QED) is 0.868. The van der Waals surface area contributed by atoms with E-state index in [-0.39, 0.29) is 5.92 Å². The summed E-state index contributed by atoms with van der Waals surface area (Å²) in [6.07, 6.45) is 3.45. The van der Waals surface area contributed by atoms with Crippen molar-refractivity contribution in [2.75, 3.05) is 0 Å². The Morgan fingerprint density at radius 3 is 2.50 bits per heavy atom. The lowest BCUT2D eigenvalue weighted by atomic mass is 9.95. The number of hydrogen-bond donors (Lipinski definition) is 1. The molecule has 1 aromatic carbocycles. The summed E-state index contributed by atoms with van der Waals surface area (Å²) < 4.78 is 0. The molecule has 0 saturated heterocycles. The van der Waals surface area contributed by atoms with Crippen molar-refractivity contribution in [3.63, 3.8) is 0 Å². The van der Waals surface area contributed by atoms with Crippen LogP contribution in [0.5, 0.6) is 0 Å². The summed E-state index contributed by atoms with van der Waals surface area (Å²) in [5.74, 6) is -1.22. The molecule has 0 aliphatic carbocycles. The third-order valence-corrected chi connectivity index (χ3v) is 2.74. The Hall–Kier alpha value is -1.28. The molecule has 0 bridgehead atoms. The molecule has 1 atom stereocenters. The van der Waals surface area contributed by atoms with Crippen molar-refractivity contribution in [1.82, 2.24) is 0 Å². The topological polar surface area (TPSA) is 37.3 Å². The molecule has 2 nitrogen and oxygen atoms in total. The minimum atomic E-state index is -0.807. The number of halogens is 1. The standard InChI is InChI=1S/C13H15ClO2/c1-9(2)11(13(15)16)8-7-10-5-3-4-6-12(10)14/h3-9,11H,1-2H3,(H,15,16)/b8-7+. The van der Waals surface area contributed by atoms with Crippen LogP contribution < -0.4 is 0 Å². The highest BCUT2D eigenvalue weighted by molar-refractivity contribution is 6.32. The first-order valence-electron chi connectivity index (χ1n) is 5.18. The molecule has 0 aliphatic heterocycles. The van der Waals surface area contributed by atoms with E-state index in [1.807, 2.05) is 32.0 Å². The molecular weight excluding hydrogens is 224 g/mol. The highest BCUT2D eigenvalue weighted by Crippen LogP contribution is 2.19. The molecular formula is C13H15ClO2. The van der Waals surface area contributed by atoms with Gasteiger partial charge in [-0.15, -0.1) is 0 Å². The van der Waals surface area contributed by atoms with Crippen molar-refractivity contribution in [3.8, 4) is 0 Å². The second-order valence-corrected chi connectivity index (χ2v) is 4.40. The molecule has 0 heterocycles. The van der Waals surface area contributed by atoms with E-state index in [2.05, 4.69) is 0 Å². The number of carbonyl (C=O) groups is 1. The molecule has 0 saturated carbocycles. The number of hydrogen-bond acceptors (Lipinski definition) is 1. The first-order chi connectivity index (χ1) is 7.52. The largest absolute Gasteiger partial charge is 0.481 e. The maximum absolute atomic E-state index is 11.0. The number of rotatable bonds is 4. The Labute approximate surface area is 101 Å². The first kappa shape index (κ1) is 12.8. The molecule has 16 heavy (non-hydrogen) atoms. The van der Waals surface area contributed by atoms with Gasteiger partial charge in [-0.1, -0.05) is 55.8 Å². The van der Waals surface area contributed by atoms with Gasteiger partial charge in [-0.2, -0.15) is 0 Å². The minimum Gasteiger partial charge on any atom is -0.481 e. The van der Waals surface area contributed by atoms with Crippen molar-refractivity contribution in [3.05, 3.63) is 40.9 Å². The van der Waals surface area contributed by atoms with E-state index in [9.17, 15) is 4.79 Å². The van der Waals surface area contributed by atoms with Crippen LogP contribution >= 0.6 is 11.6 Å². The predicted molar refractivity (Wildman–Crippen MR) is 66.4 cm³/mol. The number of aliphatic carboxylic acids is 1. The van der Waals surface area contributed by atoms with Crippen LogP contribution in [0.3, 0.4) is 0 Å². The van der Waals surface area contributed by atoms with Crippen LogP contribution in [-0.2, 0) is 4.79 Å². The van der Waals surface area contributed by atoms with Gasteiger partial charge in [0.2, 0.25) is 0 Å². The Morgan fingerprint density at radius 2 is 2.00 bits per heavy atom. The van der Waals surface area contributed by atoms with Gasteiger partial charge < -0.3 is 5.11 Å². The van der Waals surface area contributed by atoms with E-state index in [4.69, 9.17) is 16.7 Å². The van der Waals surface area contributed by atoms with E-state index in [1.165, 1.54) is 0 Å². The molecule has 1 unspecified atom stereocenters. The fourth-order valence-electron chi connectivity index (χ4n) is 1.41. The summed E-state index contributed by atoms with van der Waals surface area (Å²) in [6.45, 7) is 3.77. The molecule has 1 N–H and O–H groups in total. The number of benzene rings is 1. The SMILES string of the molecule is CC(C)C(/C=C/c1ccccc1Cl)C(=O)O. The molecule has 3 heteroatoms. The summed E-state index contributed by atoms with van der Waals surface area (Å²) in [4.78, 5) is 11.0. The first-order valence-corrected chi connectivity index (χ1v) is 5.55. The predicted octanol–water partition coefficient (Wildman–Crippen LogP) is 3.71. The Kier molecular flexibility index (Phi) is 4.56.